The fraction of sp³-hybridized carbons (Fsp3) is 0.765. The molecule has 0 atom stereocenters. The molecule has 2 aliphatic heterocycles. The minimum absolute atomic E-state index is 0.331. The number of nitrogens with zero attached hydrogens (tertiary/aromatic N) is 4. The van der Waals surface area contributed by atoms with E-state index < -0.39 is 0 Å². The molecule has 2 fully saturated rings. The average Bonchev–Trinajstić information content (AvgIpc) is 3.04. The summed E-state index contributed by atoms with van der Waals surface area (Å²) in [6.07, 6.45) is 5.89. The Morgan fingerprint density at radius 3 is 2.39 bits per heavy atom. The number of aromatic nitrogens is 2. The summed E-state index contributed by atoms with van der Waals surface area (Å²) in [6, 6.07) is 2.01. The molecule has 0 aliphatic carbocycles. The first-order valence-electron chi connectivity index (χ1n) is 8.87. The smallest absolute Gasteiger partial charge is 0.227 e. The summed E-state index contributed by atoms with van der Waals surface area (Å²) in [6.45, 7) is 9.66. The summed E-state index contributed by atoms with van der Waals surface area (Å²) in [5, 5.41) is 0. The molecule has 1 aromatic rings. The van der Waals surface area contributed by atoms with Crippen molar-refractivity contribution < 1.29 is 9.47 Å². The first-order valence-corrected chi connectivity index (χ1v) is 8.87. The van der Waals surface area contributed by atoms with E-state index in [2.05, 4.69) is 28.6 Å². The average molecular weight is 320 g/mol. The SMILES string of the molecule is CCCN(CCC)c1nccc(N2CCC3(CC2)OCCO3)n1. The summed E-state index contributed by atoms with van der Waals surface area (Å²) in [5.41, 5.74) is 0. The van der Waals surface area contributed by atoms with Crippen LogP contribution in [0.3, 0.4) is 0 Å². The first kappa shape index (κ1) is 16.5. The zero-order chi connectivity index (χ0) is 16.1. The molecule has 3 rings (SSSR count). The van der Waals surface area contributed by atoms with E-state index in [1.54, 1.807) is 0 Å². The van der Waals surface area contributed by atoms with Crippen molar-refractivity contribution in [2.45, 2.75) is 45.3 Å². The highest BCUT2D eigenvalue weighted by molar-refractivity contribution is 5.44. The topological polar surface area (TPSA) is 50.7 Å². The molecule has 0 N–H and O–H groups in total. The van der Waals surface area contributed by atoms with Crippen molar-refractivity contribution in [3.8, 4) is 0 Å². The molecule has 2 saturated heterocycles. The van der Waals surface area contributed by atoms with Crippen LogP contribution >= 0.6 is 0 Å². The lowest BCUT2D eigenvalue weighted by atomic mass is 10.0. The van der Waals surface area contributed by atoms with Crippen LogP contribution in [0.5, 0.6) is 0 Å². The van der Waals surface area contributed by atoms with E-state index in [1.807, 2.05) is 12.3 Å². The van der Waals surface area contributed by atoms with Crippen LogP contribution in [0.2, 0.25) is 0 Å². The van der Waals surface area contributed by atoms with E-state index in [0.717, 1.165) is 76.8 Å². The van der Waals surface area contributed by atoms with Crippen LogP contribution in [0.4, 0.5) is 11.8 Å². The van der Waals surface area contributed by atoms with Gasteiger partial charge in [-0.1, -0.05) is 13.8 Å². The Balaban J connectivity index is 1.67. The number of hydrogen-bond donors (Lipinski definition) is 0. The van der Waals surface area contributed by atoms with Gasteiger partial charge >= 0.3 is 0 Å². The third-order valence-electron chi connectivity index (χ3n) is 4.56. The van der Waals surface area contributed by atoms with E-state index in [0.29, 0.717) is 0 Å². The maximum absolute atomic E-state index is 5.80. The lowest BCUT2D eigenvalue weighted by Crippen LogP contribution is -2.45. The molecule has 0 saturated carbocycles. The quantitative estimate of drug-likeness (QED) is 0.802. The van der Waals surface area contributed by atoms with Gasteiger partial charge in [0.2, 0.25) is 5.95 Å². The van der Waals surface area contributed by atoms with Gasteiger partial charge in [-0.25, -0.2) is 4.98 Å². The molecule has 6 nitrogen and oxygen atoms in total. The standard InChI is InChI=1S/C17H28N4O2/c1-3-9-21(10-4-2)16-18-8-5-15(19-16)20-11-6-17(7-12-20)22-13-14-23-17/h5,8H,3-4,6-7,9-14H2,1-2H3. The number of rotatable bonds is 6. The zero-order valence-corrected chi connectivity index (χ0v) is 14.3. The predicted molar refractivity (Wildman–Crippen MR) is 90.9 cm³/mol. The van der Waals surface area contributed by atoms with E-state index >= 15 is 0 Å². The largest absolute Gasteiger partial charge is 0.356 e. The van der Waals surface area contributed by atoms with Gasteiger partial charge in [0.15, 0.2) is 5.79 Å². The fourth-order valence-corrected chi connectivity index (χ4v) is 3.38. The fourth-order valence-electron chi connectivity index (χ4n) is 3.38. The van der Waals surface area contributed by atoms with Gasteiger partial charge in [-0.05, 0) is 18.9 Å². The Hall–Kier alpha value is -1.40. The Morgan fingerprint density at radius 1 is 1.13 bits per heavy atom. The monoisotopic (exact) mass is 320 g/mol. The predicted octanol–water partition coefficient (Wildman–Crippen LogP) is 2.45. The molecule has 23 heavy (non-hydrogen) atoms. The highest BCUT2D eigenvalue weighted by Crippen LogP contribution is 2.32. The molecular weight excluding hydrogens is 292 g/mol. The van der Waals surface area contributed by atoms with Crippen LogP contribution in [-0.4, -0.2) is 55.1 Å². The summed E-state index contributed by atoms with van der Waals surface area (Å²) in [7, 11) is 0. The van der Waals surface area contributed by atoms with E-state index in [1.165, 1.54) is 0 Å². The summed E-state index contributed by atoms with van der Waals surface area (Å²) in [5.74, 6) is 1.53. The molecular formula is C17H28N4O2. The summed E-state index contributed by atoms with van der Waals surface area (Å²) < 4.78 is 11.6. The number of anilines is 2. The molecule has 0 aromatic carbocycles. The molecule has 0 bridgehead atoms. The Morgan fingerprint density at radius 2 is 1.78 bits per heavy atom. The second kappa shape index (κ2) is 7.45. The van der Waals surface area contributed by atoms with E-state index in [4.69, 9.17) is 14.5 Å². The van der Waals surface area contributed by atoms with Crippen molar-refractivity contribution in [2.75, 3.05) is 49.2 Å². The maximum Gasteiger partial charge on any atom is 0.227 e. The van der Waals surface area contributed by atoms with Crippen molar-refractivity contribution in [1.82, 2.24) is 9.97 Å². The molecule has 0 amide bonds. The molecule has 128 valence electrons. The van der Waals surface area contributed by atoms with Crippen LogP contribution in [0.25, 0.3) is 0 Å². The first-order chi connectivity index (χ1) is 11.3. The number of ether oxygens (including phenoxy) is 2. The van der Waals surface area contributed by atoms with Crippen molar-refractivity contribution in [3.05, 3.63) is 12.3 Å². The second-order valence-corrected chi connectivity index (χ2v) is 6.30. The lowest BCUT2D eigenvalue weighted by molar-refractivity contribution is -0.169. The molecule has 1 aromatic heterocycles. The Bertz CT molecular complexity index is 489. The highest BCUT2D eigenvalue weighted by atomic mass is 16.7. The summed E-state index contributed by atoms with van der Waals surface area (Å²) >= 11 is 0. The van der Waals surface area contributed by atoms with Gasteiger partial charge in [-0.15, -0.1) is 0 Å². The highest BCUT2D eigenvalue weighted by Gasteiger charge is 2.40. The molecule has 1 spiro atoms. The zero-order valence-electron chi connectivity index (χ0n) is 14.3. The van der Waals surface area contributed by atoms with E-state index in [-0.39, 0.29) is 5.79 Å². The maximum atomic E-state index is 5.80. The molecule has 6 heteroatoms. The van der Waals surface area contributed by atoms with Crippen molar-refractivity contribution in [3.63, 3.8) is 0 Å². The van der Waals surface area contributed by atoms with Crippen LogP contribution in [0, 0.1) is 0 Å². The van der Waals surface area contributed by atoms with Gasteiger partial charge in [-0.3, -0.25) is 0 Å². The number of piperidine rings is 1. The van der Waals surface area contributed by atoms with Gasteiger partial charge in [-0.2, -0.15) is 4.98 Å². The van der Waals surface area contributed by atoms with Crippen LogP contribution in [-0.2, 0) is 9.47 Å². The summed E-state index contributed by atoms with van der Waals surface area (Å²) in [4.78, 5) is 13.9. The minimum atomic E-state index is -0.331. The Kier molecular flexibility index (Phi) is 5.33. The number of hydrogen-bond acceptors (Lipinski definition) is 6. The normalized spacial score (nSPS) is 20.2. The van der Waals surface area contributed by atoms with Crippen molar-refractivity contribution in [2.24, 2.45) is 0 Å². The lowest BCUT2D eigenvalue weighted by Gasteiger charge is -2.38. The third-order valence-corrected chi connectivity index (χ3v) is 4.56. The van der Waals surface area contributed by atoms with Gasteiger partial charge in [0.1, 0.15) is 5.82 Å². The van der Waals surface area contributed by atoms with Gasteiger partial charge < -0.3 is 19.3 Å². The van der Waals surface area contributed by atoms with E-state index in [9.17, 15) is 0 Å². The molecule has 3 heterocycles. The van der Waals surface area contributed by atoms with Gasteiger partial charge in [0.05, 0.1) is 13.2 Å². The minimum Gasteiger partial charge on any atom is -0.356 e. The molecule has 0 radical (unpaired) electrons. The van der Waals surface area contributed by atoms with Gasteiger partial charge in [0, 0.05) is 45.2 Å². The van der Waals surface area contributed by atoms with Crippen LogP contribution in [0.15, 0.2) is 12.3 Å². The van der Waals surface area contributed by atoms with Crippen molar-refractivity contribution in [1.29, 1.82) is 0 Å². The van der Waals surface area contributed by atoms with Crippen LogP contribution < -0.4 is 9.80 Å². The molecule has 0 unspecified atom stereocenters. The molecule has 2 aliphatic rings. The Labute approximate surface area is 138 Å². The second-order valence-electron chi connectivity index (χ2n) is 6.30. The van der Waals surface area contributed by atoms with Crippen molar-refractivity contribution >= 4 is 11.8 Å². The third kappa shape index (κ3) is 3.75. The van der Waals surface area contributed by atoms with Crippen LogP contribution in [0.1, 0.15) is 39.5 Å². The van der Waals surface area contributed by atoms with Gasteiger partial charge in [0.25, 0.3) is 0 Å².